The normalized spacial score (nSPS) is 10.8. The molecular weight excluding hydrogens is 252 g/mol. The van der Waals surface area contributed by atoms with Crippen molar-refractivity contribution in [2.75, 3.05) is 7.05 Å². The van der Waals surface area contributed by atoms with Crippen molar-refractivity contribution in [3.8, 4) is 0 Å². The molecule has 0 unspecified atom stereocenters. The van der Waals surface area contributed by atoms with Gasteiger partial charge in [0.25, 0.3) is 0 Å². The summed E-state index contributed by atoms with van der Waals surface area (Å²) in [4.78, 5) is 16.5. The molecular formula is C16H14N2O2. The molecule has 2 aromatic carbocycles. The quantitative estimate of drug-likeness (QED) is 0.738. The molecule has 20 heavy (non-hydrogen) atoms. The first-order valence-electron chi connectivity index (χ1n) is 6.39. The van der Waals surface area contributed by atoms with Crippen molar-refractivity contribution >= 4 is 16.9 Å². The zero-order valence-corrected chi connectivity index (χ0v) is 11.1. The van der Waals surface area contributed by atoms with Gasteiger partial charge in [0.2, 0.25) is 0 Å². The number of hydrogen-bond acceptors (Lipinski definition) is 4. The molecule has 0 aliphatic heterocycles. The first-order chi connectivity index (χ1) is 9.78. The van der Waals surface area contributed by atoms with Crippen LogP contribution in [-0.2, 0) is 6.54 Å². The Morgan fingerprint density at radius 3 is 2.90 bits per heavy atom. The predicted octanol–water partition coefficient (Wildman–Crippen LogP) is 2.78. The Balaban J connectivity index is 1.96. The second kappa shape index (κ2) is 5.27. The Bertz CT molecular complexity index is 762. The van der Waals surface area contributed by atoms with Crippen molar-refractivity contribution in [1.82, 2.24) is 10.3 Å². The minimum Gasteiger partial charge on any atom is -0.443 e. The highest BCUT2D eigenvalue weighted by Crippen LogP contribution is 2.18. The molecule has 0 saturated heterocycles. The van der Waals surface area contributed by atoms with E-state index in [0.717, 1.165) is 17.6 Å². The smallest absolute Gasteiger partial charge is 0.193 e. The number of aromatic nitrogens is 1. The van der Waals surface area contributed by atoms with E-state index >= 15 is 0 Å². The lowest BCUT2D eigenvalue weighted by Gasteiger charge is -2.04. The average Bonchev–Trinajstić information content (AvgIpc) is 2.94. The highest BCUT2D eigenvalue weighted by atomic mass is 16.3. The Morgan fingerprint density at radius 2 is 2.05 bits per heavy atom. The van der Waals surface area contributed by atoms with Crippen LogP contribution in [0.1, 0.15) is 21.5 Å². The van der Waals surface area contributed by atoms with Gasteiger partial charge >= 0.3 is 0 Å². The molecule has 0 saturated carbocycles. The summed E-state index contributed by atoms with van der Waals surface area (Å²) in [5, 5.41) is 3.08. The Hall–Kier alpha value is -2.46. The van der Waals surface area contributed by atoms with Crippen LogP contribution in [0.25, 0.3) is 11.1 Å². The maximum Gasteiger partial charge on any atom is 0.193 e. The van der Waals surface area contributed by atoms with E-state index in [1.165, 1.54) is 6.39 Å². The molecule has 0 spiro atoms. The van der Waals surface area contributed by atoms with Crippen LogP contribution in [0, 0.1) is 0 Å². The number of rotatable bonds is 4. The second-order valence-electron chi connectivity index (χ2n) is 4.59. The Morgan fingerprint density at radius 1 is 1.20 bits per heavy atom. The molecule has 0 radical (unpaired) electrons. The summed E-state index contributed by atoms with van der Waals surface area (Å²) in [6, 6.07) is 12.9. The molecule has 0 aliphatic carbocycles. The van der Waals surface area contributed by atoms with Gasteiger partial charge in [0.1, 0.15) is 5.52 Å². The largest absolute Gasteiger partial charge is 0.443 e. The SMILES string of the molecule is CNCc1cccc(C(=O)c2ccc3ncoc3c2)c1. The van der Waals surface area contributed by atoms with Gasteiger partial charge in [0.15, 0.2) is 17.8 Å². The standard InChI is InChI=1S/C16H14N2O2/c1-17-9-11-3-2-4-12(7-11)16(19)13-5-6-14-15(8-13)20-10-18-14/h2-8,10,17H,9H2,1H3. The third-order valence-electron chi connectivity index (χ3n) is 3.16. The molecule has 0 fully saturated rings. The summed E-state index contributed by atoms with van der Waals surface area (Å²) >= 11 is 0. The predicted molar refractivity (Wildman–Crippen MR) is 76.6 cm³/mol. The van der Waals surface area contributed by atoms with E-state index in [9.17, 15) is 4.79 Å². The van der Waals surface area contributed by atoms with E-state index in [0.29, 0.717) is 16.7 Å². The molecule has 1 heterocycles. The van der Waals surface area contributed by atoms with E-state index in [2.05, 4.69) is 10.3 Å². The highest BCUT2D eigenvalue weighted by Gasteiger charge is 2.11. The van der Waals surface area contributed by atoms with Gasteiger partial charge in [-0.15, -0.1) is 0 Å². The van der Waals surface area contributed by atoms with Crippen LogP contribution in [0.15, 0.2) is 53.3 Å². The Kier molecular flexibility index (Phi) is 3.31. The summed E-state index contributed by atoms with van der Waals surface area (Å²) < 4.78 is 5.23. The zero-order valence-electron chi connectivity index (χ0n) is 11.1. The molecule has 1 aromatic heterocycles. The molecule has 4 nitrogen and oxygen atoms in total. The van der Waals surface area contributed by atoms with Gasteiger partial charge in [-0.05, 0) is 36.9 Å². The van der Waals surface area contributed by atoms with Crippen LogP contribution in [0.4, 0.5) is 0 Å². The fourth-order valence-electron chi connectivity index (χ4n) is 2.19. The summed E-state index contributed by atoms with van der Waals surface area (Å²) in [5.74, 6) is -0.0127. The maximum atomic E-state index is 12.5. The molecule has 100 valence electrons. The van der Waals surface area contributed by atoms with Crippen molar-refractivity contribution in [3.63, 3.8) is 0 Å². The fourth-order valence-corrected chi connectivity index (χ4v) is 2.19. The van der Waals surface area contributed by atoms with Gasteiger partial charge < -0.3 is 9.73 Å². The molecule has 0 bridgehead atoms. The van der Waals surface area contributed by atoms with Crippen LogP contribution in [0.2, 0.25) is 0 Å². The molecule has 1 N–H and O–H groups in total. The van der Waals surface area contributed by atoms with Gasteiger partial charge in [0.05, 0.1) is 0 Å². The minimum absolute atomic E-state index is 0.0127. The topological polar surface area (TPSA) is 55.1 Å². The lowest BCUT2D eigenvalue weighted by Crippen LogP contribution is -2.07. The third-order valence-corrected chi connectivity index (χ3v) is 3.16. The van der Waals surface area contributed by atoms with E-state index in [-0.39, 0.29) is 5.78 Å². The Labute approximate surface area is 116 Å². The van der Waals surface area contributed by atoms with E-state index in [1.807, 2.05) is 31.3 Å². The van der Waals surface area contributed by atoms with Crippen molar-refractivity contribution in [1.29, 1.82) is 0 Å². The number of nitrogens with zero attached hydrogens (tertiary/aromatic N) is 1. The van der Waals surface area contributed by atoms with Gasteiger partial charge in [-0.2, -0.15) is 0 Å². The summed E-state index contributed by atoms with van der Waals surface area (Å²) in [6.07, 6.45) is 1.38. The summed E-state index contributed by atoms with van der Waals surface area (Å²) in [5.41, 5.74) is 3.75. The monoisotopic (exact) mass is 266 g/mol. The van der Waals surface area contributed by atoms with Crippen LogP contribution in [-0.4, -0.2) is 17.8 Å². The van der Waals surface area contributed by atoms with Crippen molar-refractivity contribution in [3.05, 3.63) is 65.5 Å². The zero-order chi connectivity index (χ0) is 13.9. The lowest BCUT2D eigenvalue weighted by atomic mass is 10.0. The number of carbonyl (C=O) groups excluding carboxylic acids is 1. The van der Waals surface area contributed by atoms with Crippen LogP contribution in [0.3, 0.4) is 0 Å². The van der Waals surface area contributed by atoms with Crippen molar-refractivity contribution in [2.24, 2.45) is 0 Å². The van der Waals surface area contributed by atoms with Crippen LogP contribution >= 0.6 is 0 Å². The lowest BCUT2D eigenvalue weighted by molar-refractivity contribution is 0.103. The minimum atomic E-state index is -0.0127. The third kappa shape index (κ3) is 2.33. The van der Waals surface area contributed by atoms with E-state index < -0.39 is 0 Å². The highest BCUT2D eigenvalue weighted by molar-refractivity contribution is 6.10. The molecule has 0 atom stereocenters. The molecule has 0 amide bonds. The number of hydrogen-bond donors (Lipinski definition) is 1. The molecule has 3 aromatic rings. The van der Waals surface area contributed by atoms with Crippen molar-refractivity contribution in [2.45, 2.75) is 6.54 Å². The fraction of sp³-hybridized carbons (Fsp3) is 0.125. The van der Waals surface area contributed by atoms with Gasteiger partial charge in [-0.3, -0.25) is 4.79 Å². The first kappa shape index (κ1) is 12.6. The molecule has 0 aliphatic rings. The number of benzene rings is 2. The number of oxazole rings is 1. The first-order valence-corrected chi connectivity index (χ1v) is 6.39. The second-order valence-corrected chi connectivity index (χ2v) is 4.59. The van der Waals surface area contributed by atoms with Crippen molar-refractivity contribution < 1.29 is 9.21 Å². The average molecular weight is 266 g/mol. The van der Waals surface area contributed by atoms with E-state index in [1.54, 1.807) is 18.2 Å². The number of ketones is 1. The summed E-state index contributed by atoms with van der Waals surface area (Å²) in [7, 11) is 1.88. The number of fused-ring (bicyclic) bond motifs is 1. The van der Waals surface area contributed by atoms with Crippen LogP contribution in [0.5, 0.6) is 0 Å². The molecule has 4 heteroatoms. The maximum absolute atomic E-state index is 12.5. The van der Waals surface area contributed by atoms with Gasteiger partial charge in [0, 0.05) is 17.7 Å². The molecule has 3 rings (SSSR count). The van der Waals surface area contributed by atoms with Gasteiger partial charge in [-0.25, -0.2) is 4.98 Å². The number of nitrogens with one attached hydrogen (secondary N) is 1. The van der Waals surface area contributed by atoms with E-state index in [4.69, 9.17) is 4.42 Å². The van der Waals surface area contributed by atoms with Crippen LogP contribution < -0.4 is 5.32 Å². The summed E-state index contributed by atoms with van der Waals surface area (Å²) in [6.45, 7) is 0.738. The van der Waals surface area contributed by atoms with Gasteiger partial charge in [-0.1, -0.05) is 18.2 Å². The number of carbonyl (C=O) groups is 1.